The largest absolute Gasteiger partial charge is 0.463 e. The normalized spacial score (nSPS) is 12.1. The van der Waals surface area contributed by atoms with Crippen LogP contribution < -0.4 is 5.32 Å². The number of hydrogen-bond acceptors (Lipinski definition) is 14. The second kappa shape index (κ2) is 32.8. The Balaban J connectivity index is 0.941. The molecule has 2 aromatic carbocycles. The van der Waals surface area contributed by atoms with Crippen LogP contribution in [0.3, 0.4) is 0 Å². The van der Waals surface area contributed by atoms with Crippen LogP contribution in [0.2, 0.25) is 0 Å². The molecule has 0 bridgehead atoms. The van der Waals surface area contributed by atoms with Crippen molar-refractivity contribution in [2.75, 3.05) is 152 Å². The SMILES string of the molecule is CCCC(=O)OCCOCCOCCOCCOCCOCCOCCOCCOCCOCCOCCNC(=O)OCC1c2ccccc2-c2ccccc21. The summed E-state index contributed by atoms with van der Waals surface area (Å²) in [4.78, 5) is 23.5. The maximum absolute atomic E-state index is 12.2. The Morgan fingerprint density at radius 2 is 0.804 bits per heavy atom. The first kappa shape index (κ1) is 47.2. The van der Waals surface area contributed by atoms with Crippen LogP contribution in [0.1, 0.15) is 36.8 Å². The number of amides is 1. The van der Waals surface area contributed by atoms with Crippen molar-refractivity contribution in [1.82, 2.24) is 5.32 Å². The van der Waals surface area contributed by atoms with E-state index < -0.39 is 6.09 Å². The van der Waals surface area contributed by atoms with Crippen LogP contribution in [0.4, 0.5) is 4.79 Å². The predicted octanol–water partition coefficient (Wildman–Crippen LogP) is 4.03. The van der Waals surface area contributed by atoms with Gasteiger partial charge in [0.25, 0.3) is 0 Å². The number of benzene rings is 2. The van der Waals surface area contributed by atoms with Crippen LogP contribution >= 0.6 is 0 Å². The Hall–Kier alpha value is -3.22. The van der Waals surface area contributed by atoms with Gasteiger partial charge in [-0.3, -0.25) is 4.79 Å². The van der Waals surface area contributed by atoms with Crippen molar-refractivity contribution in [1.29, 1.82) is 0 Å². The smallest absolute Gasteiger partial charge is 0.407 e. The lowest BCUT2D eigenvalue weighted by molar-refractivity contribution is -0.145. The van der Waals surface area contributed by atoms with Gasteiger partial charge in [0.15, 0.2) is 0 Å². The van der Waals surface area contributed by atoms with Crippen molar-refractivity contribution in [3.05, 3.63) is 59.7 Å². The average Bonchev–Trinajstić information content (AvgIpc) is 3.53. The summed E-state index contributed by atoms with van der Waals surface area (Å²) in [5, 5.41) is 2.74. The van der Waals surface area contributed by atoms with E-state index in [1.54, 1.807) is 0 Å². The van der Waals surface area contributed by atoms with Gasteiger partial charge in [0, 0.05) is 18.9 Å². The van der Waals surface area contributed by atoms with Gasteiger partial charge in [-0.2, -0.15) is 0 Å². The average molecular weight is 794 g/mol. The highest BCUT2D eigenvalue weighted by Gasteiger charge is 2.28. The lowest BCUT2D eigenvalue weighted by Gasteiger charge is -2.14. The van der Waals surface area contributed by atoms with Gasteiger partial charge in [0.2, 0.25) is 0 Å². The highest BCUT2D eigenvalue weighted by molar-refractivity contribution is 5.79. The first-order valence-corrected chi connectivity index (χ1v) is 19.7. The van der Waals surface area contributed by atoms with Crippen LogP contribution in [-0.2, 0) is 61.6 Å². The lowest BCUT2D eigenvalue weighted by atomic mass is 9.98. The quantitative estimate of drug-likeness (QED) is 0.0773. The highest BCUT2D eigenvalue weighted by atomic mass is 16.6. The van der Waals surface area contributed by atoms with Crippen LogP contribution in [0, 0.1) is 0 Å². The first-order valence-electron chi connectivity index (χ1n) is 19.7. The number of rotatable bonds is 37. The molecule has 0 fully saturated rings. The molecule has 15 heteroatoms. The van der Waals surface area contributed by atoms with Crippen molar-refractivity contribution in [2.24, 2.45) is 0 Å². The summed E-state index contributed by atoms with van der Waals surface area (Å²) in [6.07, 6.45) is 0.761. The van der Waals surface area contributed by atoms with E-state index in [9.17, 15) is 9.59 Å². The third-order valence-electron chi connectivity index (χ3n) is 8.15. The minimum atomic E-state index is -0.455. The Morgan fingerprint density at radius 3 is 1.18 bits per heavy atom. The molecule has 1 aliphatic carbocycles. The summed E-state index contributed by atoms with van der Waals surface area (Å²) < 4.78 is 65.3. The number of fused-ring (bicyclic) bond motifs is 3. The molecular weight excluding hydrogens is 730 g/mol. The molecule has 0 atom stereocenters. The van der Waals surface area contributed by atoms with Gasteiger partial charge in [-0.05, 0) is 28.7 Å². The second-order valence-corrected chi connectivity index (χ2v) is 12.3. The lowest BCUT2D eigenvalue weighted by Crippen LogP contribution is -2.29. The number of esters is 1. The van der Waals surface area contributed by atoms with E-state index >= 15 is 0 Å². The molecule has 1 amide bonds. The molecule has 0 aromatic heterocycles. The predicted molar refractivity (Wildman–Crippen MR) is 207 cm³/mol. The zero-order valence-corrected chi connectivity index (χ0v) is 33.1. The highest BCUT2D eigenvalue weighted by Crippen LogP contribution is 2.44. The monoisotopic (exact) mass is 793 g/mol. The topological polar surface area (TPSA) is 157 Å². The standard InChI is InChI=1S/C41H63NO14/c1-2-7-40(43)55-33-32-54-31-30-53-29-28-52-27-26-51-25-24-50-23-22-49-21-20-48-19-18-47-17-16-46-15-14-45-13-12-42-41(44)56-34-39-37-10-5-3-8-35(37)36-9-4-6-11-38(36)39/h3-6,8-11,39H,2,7,12-34H2,1H3,(H,42,44). The molecule has 0 unspecified atom stereocenters. The van der Waals surface area contributed by atoms with E-state index in [2.05, 4.69) is 29.6 Å². The fourth-order valence-electron chi connectivity index (χ4n) is 5.45. The van der Waals surface area contributed by atoms with Crippen LogP contribution in [-0.4, -0.2) is 164 Å². The van der Waals surface area contributed by atoms with Crippen LogP contribution in [0.5, 0.6) is 0 Å². The zero-order chi connectivity index (χ0) is 39.6. The molecule has 3 rings (SSSR count). The molecule has 0 heterocycles. The molecule has 56 heavy (non-hydrogen) atoms. The number of carbonyl (C=O) groups excluding carboxylic acids is 2. The molecule has 316 valence electrons. The summed E-state index contributed by atoms with van der Waals surface area (Å²) in [7, 11) is 0. The molecular formula is C41H63NO14. The van der Waals surface area contributed by atoms with Crippen LogP contribution in [0.15, 0.2) is 48.5 Å². The van der Waals surface area contributed by atoms with E-state index in [-0.39, 0.29) is 25.1 Å². The van der Waals surface area contributed by atoms with Crippen molar-refractivity contribution in [2.45, 2.75) is 25.7 Å². The summed E-state index contributed by atoms with van der Waals surface area (Å²) >= 11 is 0. The van der Waals surface area contributed by atoms with E-state index in [0.29, 0.717) is 145 Å². The number of ether oxygens (including phenoxy) is 12. The number of carbonyl (C=O) groups is 2. The first-order chi connectivity index (χ1) is 27.7. The number of hydrogen-bond donors (Lipinski definition) is 1. The molecule has 1 N–H and O–H groups in total. The van der Waals surface area contributed by atoms with Crippen molar-refractivity contribution in [3.63, 3.8) is 0 Å². The van der Waals surface area contributed by atoms with Gasteiger partial charge in [0.1, 0.15) is 13.2 Å². The van der Waals surface area contributed by atoms with Crippen molar-refractivity contribution in [3.8, 4) is 11.1 Å². The second-order valence-electron chi connectivity index (χ2n) is 12.3. The third-order valence-corrected chi connectivity index (χ3v) is 8.15. The van der Waals surface area contributed by atoms with Gasteiger partial charge in [-0.1, -0.05) is 55.5 Å². The van der Waals surface area contributed by atoms with E-state index in [4.69, 9.17) is 56.8 Å². The number of nitrogens with one attached hydrogen (secondary N) is 1. The minimum absolute atomic E-state index is 0.0336. The molecule has 1 aliphatic rings. The fourth-order valence-corrected chi connectivity index (χ4v) is 5.45. The fraction of sp³-hybridized carbons (Fsp3) is 0.659. The third kappa shape index (κ3) is 21.9. The van der Waals surface area contributed by atoms with E-state index in [0.717, 1.165) is 6.42 Å². The van der Waals surface area contributed by atoms with Crippen LogP contribution in [0.25, 0.3) is 11.1 Å². The van der Waals surface area contributed by atoms with E-state index in [1.807, 2.05) is 31.2 Å². The molecule has 15 nitrogen and oxygen atoms in total. The molecule has 2 aromatic rings. The molecule has 0 spiro atoms. The maximum Gasteiger partial charge on any atom is 0.407 e. The number of alkyl carbamates (subject to hydrolysis) is 1. The Kier molecular flexibility index (Phi) is 27.6. The summed E-state index contributed by atoms with van der Waals surface area (Å²) in [6, 6.07) is 16.5. The molecule has 0 saturated carbocycles. The summed E-state index contributed by atoms with van der Waals surface area (Å²) in [5.41, 5.74) is 4.76. The Bertz CT molecular complexity index is 1240. The summed E-state index contributed by atoms with van der Waals surface area (Å²) in [5.74, 6) is -0.159. The van der Waals surface area contributed by atoms with Crippen molar-refractivity contribution >= 4 is 12.1 Å². The summed E-state index contributed by atoms with van der Waals surface area (Å²) in [6.45, 7) is 12.0. The zero-order valence-electron chi connectivity index (χ0n) is 33.1. The van der Waals surface area contributed by atoms with Crippen molar-refractivity contribution < 1.29 is 66.4 Å². The maximum atomic E-state index is 12.2. The Labute approximate surface area is 331 Å². The van der Waals surface area contributed by atoms with Gasteiger partial charge >= 0.3 is 12.1 Å². The van der Waals surface area contributed by atoms with Gasteiger partial charge in [0.05, 0.1) is 132 Å². The molecule has 0 saturated heterocycles. The van der Waals surface area contributed by atoms with Gasteiger partial charge in [-0.15, -0.1) is 0 Å². The van der Waals surface area contributed by atoms with E-state index in [1.165, 1.54) is 22.3 Å². The van der Waals surface area contributed by atoms with Gasteiger partial charge < -0.3 is 62.2 Å². The molecule has 0 aliphatic heterocycles. The minimum Gasteiger partial charge on any atom is -0.463 e. The molecule has 0 radical (unpaired) electrons. The Morgan fingerprint density at radius 1 is 0.464 bits per heavy atom. The van der Waals surface area contributed by atoms with Gasteiger partial charge in [-0.25, -0.2) is 4.79 Å².